The van der Waals surface area contributed by atoms with Crippen molar-refractivity contribution >= 4 is 17.9 Å². The van der Waals surface area contributed by atoms with E-state index in [1.807, 2.05) is 0 Å². The van der Waals surface area contributed by atoms with Crippen LogP contribution in [-0.2, 0) is 28.6 Å². The number of ether oxygens (including phenoxy) is 3. The van der Waals surface area contributed by atoms with Crippen molar-refractivity contribution in [2.24, 2.45) is 0 Å². The van der Waals surface area contributed by atoms with Crippen molar-refractivity contribution in [3.05, 3.63) is 36.5 Å². The molecule has 0 aromatic carbocycles. The van der Waals surface area contributed by atoms with Gasteiger partial charge in [0.25, 0.3) is 0 Å². The van der Waals surface area contributed by atoms with E-state index in [9.17, 15) is 14.4 Å². The zero-order valence-electron chi connectivity index (χ0n) is 41.4. The van der Waals surface area contributed by atoms with Gasteiger partial charge in [0.15, 0.2) is 6.10 Å². The summed E-state index contributed by atoms with van der Waals surface area (Å²) >= 11 is 0. The topological polar surface area (TPSA) is 78.9 Å². The highest BCUT2D eigenvalue weighted by molar-refractivity contribution is 5.71. The normalized spacial score (nSPS) is 12.2. The van der Waals surface area contributed by atoms with E-state index in [1.165, 1.54) is 180 Å². The fourth-order valence-electron chi connectivity index (χ4n) is 7.81. The van der Waals surface area contributed by atoms with E-state index in [4.69, 9.17) is 14.2 Å². The maximum atomic E-state index is 12.8. The zero-order valence-corrected chi connectivity index (χ0v) is 41.4. The quantitative estimate of drug-likeness (QED) is 0.0262. The highest BCUT2D eigenvalue weighted by Crippen LogP contribution is 2.16. The molecule has 0 heterocycles. The number of carbonyl (C=O) groups is 3. The van der Waals surface area contributed by atoms with Gasteiger partial charge >= 0.3 is 17.9 Å². The molecule has 0 saturated heterocycles. The number of rotatable bonds is 49. The van der Waals surface area contributed by atoms with Crippen molar-refractivity contribution in [3.63, 3.8) is 0 Å². The summed E-state index contributed by atoms with van der Waals surface area (Å²) in [6.45, 7) is 6.61. The number of unbranched alkanes of at least 4 members (excludes halogenated alkanes) is 32. The van der Waals surface area contributed by atoms with Gasteiger partial charge in [-0.25, -0.2) is 0 Å². The molecule has 0 radical (unpaired) electrons. The van der Waals surface area contributed by atoms with E-state index in [0.717, 1.165) is 57.8 Å². The highest BCUT2D eigenvalue weighted by Gasteiger charge is 2.19. The third-order valence-electron chi connectivity index (χ3n) is 11.9. The fraction of sp³-hybridized carbons (Fsp3) is 0.839. The van der Waals surface area contributed by atoms with Gasteiger partial charge in [0.05, 0.1) is 0 Å². The average Bonchev–Trinajstić information content (AvgIpc) is 3.27. The Kier molecular flexibility index (Phi) is 49.3. The van der Waals surface area contributed by atoms with Gasteiger partial charge in [-0.15, -0.1) is 0 Å². The Morgan fingerprint density at radius 2 is 0.597 bits per heavy atom. The Balaban J connectivity index is 4.39. The molecule has 0 rings (SSSR count). The van der Waals surface area contributed by atoms with E-state index in [1.54, 1.807) is 0 Å². The lowest BCUT2D eigenvalue weighted by molar-refractivity contribution is -0.167. The standard InChI is InChI=1S/C56H102O6/c1-4-7-10-13-16-19-22-25-27-28-30-32-35-37-40-43-46-49-55(58)61-52-53(62-56(59)50-47-44-41-38-33-24-21-18-15-12-9-6-3)51-60-54(57)48-45-42-39-36-34-31-29-26-23-20-17-14-11-8-5-2/h25,27,30,32,37,40,53H,4-24,26,28-29,31,33-36,38-39,41-52H2,1-3H3/b27-25-,32-30-,40-37-/t53-/m0/s1. The lowest BCUT2D eigenvalue weighted by Crippen LogP contribution is -2.30. The van der Waals surface area contributed by atoms with Crippen LogP contribution in [0.2, 0.25) is 0 Å². The van der Waals surface area contributed by atoms with Crippen LogP contribution in [0.4, 0.5) is 0 Å². The predicted molar refractivity (Wildman–Crippen MR) is 266 cm³/mol. The lowest BCUT2D eigenvalue weighted by atomic mass is 10.0. The third-order valence-corrected chi connectivity index (χ3v) is 11.9. The number of carbonyl (C=O) groups excluding carboxylic acids is 3. The zero-order chi connectivity index (χ0) is 45.1. The second-order valence-electron chi connectivity index (χ2n) is 18.2. The largest absolute Gasteiger partial charge is 0.462 e. The van der Waals surface area contributed by atoms with E-state index >= 15 is 0 Å². The van der Waals surface area contributed by atoms with Crippen LogP contribution < -0.4 is 0 Å². The van der Waals surface area contributed by atoms with Gasteiger partial charge in [-0.2, -0.15) is 0 Å². The van der Waals surface area contributed by atoms with Crippen LogP contribution in [0.15, 0.2) is 36.5 Å². The van der Waals surface area contributed by atoms with Gasteiger partial charge in [0.1, 0.15) is 13.2 Å². The van der Waals surface area contributed by atoms with Gasteiger partial charge in [-0.3, -0.25) is 14.4 Å². The molecule has 0 unspecified atom stereocenters. The fourth-order valence-corrected chi connectivity index (χ4v) is 7.81. The molecule has 1 atom stereocenters. The molecule has 0 N–H and O–H groups in total. The van der Waals surface area contributed by atoms with E-state index in [-0.39, 0.29) is 31.1 Å². The van der Waals surface area contributed by atoms with Crippen molar-refractivity contribution in [1.29, 1.82) is 0 Å². The Bertz CT molecular complexity index is 1050. The molecule has 0 aliphatic heterocycles. The van der Waals surface area contributed by atoms with Crippen LogP contribution in [0, 0.1) is 0 Å². The molecule has 6 heteroatoms. The molecular weight excluding hydrogens is 769 g/mol. The van der Waals surface area contributed by atoms with Gasteiger partial charge in [0, 0.05) is 19.3 Å². The third kappa shape index (κ3) is 48.7. The van der Waals surface area contributed by atoms with Gasteiger partial charge in [0.2, 0.25) is 0 Å². The summed E-state index contributed by atoms with van der Waals surface area (Å²) in [7, 11) is 0. The second kappa shape index (κ2) is 51.3. The van der Waals surface area contributed by atoms with Gasteiger partial charge in [-0.05, 0) is 51.4 Å². The van der Waals surface area contributed by atoms with Crippen molar-refractivity contribution in [3.8, 4) is 0 Å². The van der Waals surface area contributed by atoms with E-state index in [0.29, 0.717) is 25.7 Å². The molecule has 0 aliphatic rings. The van der Waals surface area contributed by atoms with E-state index < -0.39 is 6.10 Å². The number of hydrogen-bond donors (Lipinski definition) is 0. The molecular formula is C56H102O6. The minimum absolute atomic E-state index is 0.0831. The minimum Gasteiger partial charge on any atom is -0.462 e. The monoisotopic (exact) mass is 871 g/mol. The van der Waals surface area contributed by atoms with Crippen molar-refractivity contribution in [1.82, 2.24) is 0 Å². The molecule has 6 nitrogen and oxygen atoms in total. The average molecular weight is 871 g/mol. The summed E-state index contributed by atoms with van der Waals surface area (Å²) < 4.78 is 16.8. The maximum Gasteiger partial charge on any atom is 0.306 e. The number of allylic oxidation sites excluding steroid dienone is 6. The van der Waals surface area contributed by atoms with Crippen LogP contribution in [0.3, 0.4) is 0 Å². The first-order valence-electron chi connectivity index (χ1n) is 27.0. The van der Waals surface area contributed by atoms with E-state index in [2.05, 4.69) is 57.2 Å². The Labute approximate surface area is 385 Å². The first kappa shape index (κ1) is 59.6. The first-order valence-corrected chi connectivity index (χ1v) is 27.0. The highest BCUT2D eigenvalue weighted by atomic mass is 16.6. The van der Waals surface area contributed by atoms with Gasteiger partial charge in [-0.1, -0.05) is 250 Å². The lowest BCUT2D eigenvalue weighted by Gasteiger charge is -2.18. The van der Waals surface area contributed by atoms with Crippen molar-refractivity contribution < 1.29 is 28.6 Å². The number of esters is 3. The van der Waals surface area contributed by atoms with Crippen LogP contribution >= 0.6 is 0 Å². The molecule has 0 aliphatic carbocycles. The first-order chi connectivity index (χ1) is 30.5. The Morgan fingerprint density at radius 1 is 0.323 bits per heavy atom. The molecule has 0 spiro atoms. The Morgan fingerprint density at radius 3 is 0.968 bits per heavy atom. The van der Waals surface area contributed by atoms with Crippen molar-refractivity contribution in [2.45, 2.75) is 290 Å². The Hall–Kier alpha value is -2.37. The summed E-state index contributed by atoms with van der Waals surface area (Å²) in [5.74, 6) is -0.924. The molecule has 0 fully saturated rings. The SMILES string of the molecule is CCCCCCCC/C=C\C/C=C\C/C=C\CCCC(=O)OC[C@H](COC(=O)CCCCCCCCCCCCCCCCC)OC(=O)CCCCCCCCCCCCCC. The second-order valence-corrected chi connectivity index (χ2v) is 18.2. The smallest absolute Gasteiger partial charge is 0.306 e. The van der Waals surface area contributed by atoms with Crippen LogP contribution in [0.25, 0.3) is 0 Å². The summed E-state index contributed by atoms with van der Waals surface area (Å²) in [4.78, 5) is 38.0. The van der Waals surface area contributed by atoms with Crippen molar-refractivity contribution in [2.75, 3.05) is 13.2 Å². The molecule has 0 aromatic rings. The predicted octanol–water partition coefficient (Wildman–Crippen LogP) is 17.7. The molecule has 0 saturated carbocycles. The molecule has 0 aromatic heterocycles. The van der Waals surface area contributed by atoms with Crippen LogP contribution in [0.5, 0.6) is 0 Å². The van der Waals surface area contributed by atoms with Gasteiger partial charge < -0.3 is 14.2 Å². The minimum atomic E-state index is -0.786. The molecule has 62 heavy (non-hydrogen) atoms. The molecule has 0 amide bonds. The summed E-state index contributed by atoms with van der Waals surface area (Å²) in [5.41, 5.74) is 0. The summed E-state index contributed by atoms with van der Waals surface area (Å²) in [6, 6.07) is 0. The summed E-state index contributed by atoms with van der Waals surface area (Å²) in [6.07, 6.45) is 59.9. The van der Waals surface area contributed by atoms with Crippen LogP contribution in [0.1, 0.15) is 284 Å². The summed E-state index contributed by atoms with van der Waals surface area (Å²) in [5, 5.41) is 0. The molecule has 0 bridgehead atoms. The molecule has 362 valence electrons. The number of hydrogen-bond acceptors (Lipinski definition) is 6. The maximum absolute atomic E-state index is 12.8. The van der Waals surface area contributed by atoms with Crippen LogP contribution in [-0.4, -0.2) is 37.2 Å².